The van der Waals surface area contributed by atoms with E-state index in [1.165, 1.54) is 5.56 Å². The van der Waals surface area contributed by atoms with E-state index in [4.69, 9.17) is 4.74 Å². The van der Waals surface area contributed by atoms with Gasteiger partial charge in [-0.1, -0.05) is 47.1 Å². The third kappa shape index (κ3) is 5.53. The van der Waals surface area contributed by atoms with Crippen molar-refractivity contribution in [3.05, 3.63) is 64.1 Å². The number of halogens is 1. The molecule has 23 heavy (non-hydrogen) atoms. The van der Waals surface area contributed by atoms with Crippen molar-refractivity contribution in [3.63, 3.8) is 0 Å². The van der Waals surface area contributed by atoms with E-state index in [2.05, 4.69) is 33.4 Å². The smallest absolute Gasteiger partial charge is 0.277 e. The summed E-state index contributed by atoms with van der Waals surface area (Å²) in [5.74, 6) is 0.381. The molecule has 5 heteroatoms. The summed E-state index contributed by atoms with van der Waals surface area (Å²) in [4.78, 5) is 11.8. The summed E-state index contributed by atoms with van der Waals surface area (Å²) in [6, 6.07) is 15.4. The molecule has 0 spiro atoms. The molecule has 0 saturated carbocycles. The predicted octanol–water partition coefficient (Wildman–Crippen LogP) is 3.93. The van der Waals surface area contributed by atoms with Crippen LogP contribution in [0.3, 0.4) is 0 Å². The molecule has 2 rings (SSSR count). The molecule has 2 aromatic rings. The highest BCUT2D eigenvalue weighted by Gasteiger charge is 2.03. The van der Waals surface area contributed by atoms with Crippen molar-refractivity contribution in [1.29, 1.82) is 0 Å². The molecule has 0 aromatic heterocycles. The minimum absolute atomic E-state index is 0.0669. The summed E-state index contributed by atoms with van der Waals surface area (Å²) in [5, 5.41) is 4.09. The highest BCUT2D eigenvalue weighted by Crippen LogP contribution is 2.12. The molecule has 0 saturated heterocycles. The fraction of sp³-hybridized carbons (Fsp3) is 0.222. The van der Waals surface area contributed by atoms with Gasteiger partial charge >= 0.3 is 0 Å². The van der Waals surface area contributed by atoms with Crippen LogP contribution in [-0.4, -0.2) is 18.2 Å². The SMILES string of the molecule is CCc1ccc(OCC(=O)N/N=C(/C)c2ccc(Br)cc2)cc1. The quantitative estimate of drug-likeness (QED) is 0.614. The van der Waals surface area contributed by atoms with Gasteiger partial charge in [-0.3, -0.25) is 4.79 Å². The second-order valence-corrected chi connectivity index (χ2v) is 5.94. The Morgan fingerprint density at radius 2 is 1.78 bits per heavy atom. The van der Waals surface area contributed by atoms with Gasteiger partial charge in [-0.2, -0.15) is 5.10 Å². The number of carbonyl (C=O) groups excluding carboxylic acids is 1. The number of aryl methyl sites for hydroxylation is 1. The van der Waals surface area contributed by atoms with E-state index in [1.54, 1.807) is 0 Å². The highest BCUT2D eigenvalue weighted by molar-refractivity contribution is 9.10. The molecule has 1 N–H and O–H groups in total. The van der Waals surface area contributed by atoms with Gasteiger partial charge in [0.25, 0.3) is 5.91 Å². The van der Waals surface area contributed by atoms with E-state index in [0.717, 1.165) is 22.2 Å². The van der Waals surface area contributed by atoms with Crippen molar-refractivity contribution in [2.75, 3.05) is 6.61 Å². The molecule has 0 radical (unpaired) electrons. The Hall–Kier alpha value is -2.14. The highest BCUT2D eigenvalue weighted by atomic mass is 79.9. The maximum Gasteiger partial charge on any atom is 0.277 e. The summed E-state index contributed by atoms with van der Waals surface area (Å²) >= 11 is 3.38. The van der Waals surface area contributed by atoms with Crippen molar-refractivity contribution < 1.29 is 9.53 Å². The molecular weight excluding hydrogens is 356 g/mol. The molecule has 0 heterocycles. The van der Waals surface area contributed by atoms with E-state index in [-0.39, 0.29) is 12.5 Å². The summed E-state index contributed by atoms with van der Waals surface area (Å²) in [5.41, 5.74) is 5.42. The first-order valence-electron chi connectivity index (χ1n) is 7.39. The summed E-state index contributed by atoms with van der Waals surface area (Å²) in [7, 11) is 0. The number of carbonyl (C=O) groups is 1. The van der Waals surface area contributed by atoms with Crippen LogP contribution >= 0.6 is 15.9 Å². The first-order chi connectivity index (χ1) is 11.1. The molecule has 2 aromatic carbocycles. The van der Waals surface area contributed by atoms with Crippen LogP contribution in [0.5, 0.6) is 5.75 Å². The molecule has 1 amide bonds. The molecule has 0 unspecified atom stereocenters. The van der Waals surface area contributed by atoms with Crippen molar-refractivity contribution in [2.24, 2.45) is 5.10 Å². The minimum Gasteiger partial charge on any atom is -0.484 e. The zero-order chi connectivity index (χ0) is 16.7. The number of ether oxygens (including phenoxy) is 1. The number of nitrogens with one attached hydrogen (secondary N) is 1. The second-order valence-electron chi connectivity index (χ2n) is 5.03. The Labute approximate surface area is 144 Å². The van der Waals surface area contributed by atoms with Crippen LogP contribution in [-0.2, 0) is 11.2 Å². The lowest BCUT2D eigenvalue weighted by atomic mass is 10.1. The largest absolute Gasteiger partial charge is 0.484 e. The Morgan fingerprint density at radius 1 is 1.13 bits per heavy atom. The number of hydrogen-bond donors (Lipinski definition) is 1. The Kier molecular flexibility index (Phi) is 6.35. The first kappa shape index (κ1) is 17.2. The van der Waals surface area contributed by atoms with Crippen LogP contribution in [0, 0.1) is 0 Å². The third-order valence-corrected chi connectivity index (χ3v) is 3.84. The van der Waals surface area contributed by atoms with Gasteiger partial charge in [0.05, 0.1) is 5.71 Å². The van der Waals surface area contributed by atoms with Crippen LogP contribution in [0.25, 0.3) is 0 Å². The molecule has 0 atom stereocenters. The maximum atomic E-state index is 11.8. The lowest BCUT2D eigenvalue weighted by molar-refractivity contribution is -0.123. The normalized spacial score (nSPS) is 11.2. The average molecular weight is 375 g/mol. The van der Waals surface area contributed by atoms with E-state index >= 15 is 0 Å². The summed E-state index contributed by atoms with van der Waals surface area (Å²) in [6.45, 7) is 3.87. The van der Waals surface area contributed by atoms with Gasteiger partial charge < -0.3 is 4.74 Å². The molecule has 0 aliphatic rings. The van der Waals surface area contributed by atoms with Crippen LogP contribution in [0.1, 0.15) is 25.0 Å². The monoisotopic (exact) mass is 374 g/mol. The third-order valence-electron chi connectivity index (χ3n) is 3.31. The van der Waals surface area contributed by atoms with Gasteiger partial charge in [-0.25, -0.2) is 5.43 Å². The van der Waals surface area contributed by atoms with E-state index in [0.29, 0.717) is 5.75 Å². The van der Waals surface area contributed by atoms with E-state index in [1.807, 2.05) is 55.5 Å². The van der Waals surface area contributed by atoms with Crippen LogP contribution < -0.4 is 10.2 Å². The molecule has 0 aliphatic carbocycles. The fourth-order valence-electron chi connectivity index (χ4n) is 1.90. The summed E-state index contributed by atoms with van der Waals surface area (Å²) in [6.07, 6.45) is 0.977. The number of nitrogens with zero attached hydrogens (tertiary/aromatic N) is 1. The predicted molar refractivity (Wildman–Crippen MR) is 95.8 cm³/mol. The molecule has 4 nitrogen and oxygen atoms in total. The van der Waals surface area contributed by atoms with Gasteiger partial charge in [-0.05, 0) is 48.7 Å². The first-order valence-corrected chi connectivity index (χ1v) is 8.18. The van der Waals surface area contributed by atoms with Gasteiger partial charge in [-0.15, -0.1) is 0 Å². The standard InChI is InChI=1S/C18H19BrN2O2/c1-3-14-4-10-17(11-5-14)23-12-18(22)21-20-13(2)15-6-8-16(19)9-7-15/h4-11H,3,12H2,1-2H3,(H,21,22)/b20-13-. The minimum atomic E-state index is -0.291. The Balaban J connectivity index is 1.84. The van der Waals surface area contributed by atoms with E-state index in [9.17, 15) is 4.79 Å². The van der Waals surface area contributed by atoms with Crippen molar-refractivity contribution in [2.45, 2.75) is 20.3 Å². The number of amides is 1. The molecule has 0 bridgehead atoms. The molecule has 0 aliphatic heterocycles. The maximum absolute atomic E-state index is 11.8. The molecular formula is C18H19BrN2O2. The zero-order valence-electron chi connectivity index (χ0n) is 13.2. The van der Waals surface area contributed by atoms with Gasteiger partial charge in [0.1, 0.15) is 5.75 Å². The Morgan fingerprint density at radius 3 is 2.39 bits per heavy atom. The van der Waals surface area contributed by atoms with Crippen LogP contribution in [0.15, 0.2) is 58.1 Å². The fourth-order valence-corrected chi connectivity index (χ4v) is 2.17. The summed E-state index contributed by atoms with van der Waals surface area (Å²) < 4.78 is 6.43. The van der Waals surface area contributed by atoms with Crippen LogP contribution in [0.4, 0.5) is 0 Å². The van der Waals surface area contributed by atoms with Gasteiger partial charge in [0.2, 0.25) is 0 Å². The topological polar surface area (TPSA) is 50.7 Å². The Bertz CT molecular complexity index is 679. The zero-order valence-corrected chi connectivity index (χ0v) is 14.8. The average Bonchev–Trinajstić information content (AvgIpc) is 2.59. The van der Waals surface area contributed by atoms with Gasteiger partial charge in [0.15, 0.2) is 6.61 Å². The van der Waals surface area contributed by atoms with Crippen LogP contribution in [0.2, 0.25) is 0 Å². The molecule has 0 fully saturated rings. The number of rotatable bonds is 6. The van der Waals surface area contributed by atoms with Crippen molar-refractivity contribution in [3.8, 4) is 5.75 Å². The van der Waals surface area contributed by atoms with E-state index < -0.39 is 0 Å². The molecule has 120 valence electrons. The van der Waals surface area contributed by atoms with Crippen molar-refractivity contribution >= 4 is 27.5 Å². The number of hydrazone groups is 1. The van der Waals surface area contributed by atoms with Crippen molar-refractivity contribution in [1.82, 2.24) is 5.43 Å². The lowest BCUT2D eigenvalue weighted by Crippen LogP contribution is -2.25. The second kappa shape index (κ2) is 8.48. The van der Waals surface area contributed by atoms with Gasteiger partial charge in [0, 0.05) is 4.47 Å². The lowest BCUT2D eigenvalue weighted by Gasteiger charge is -2.06. The number of hydrogen-bond acceptors (Lipinski definition) is 3. The number of benzene rings is 2.